The second-order valence-electron chi connectivity index (χ2n) is 14.7. The van der Waals surface area contributed by atoms with Crippen LogP contribution in [0, 0.1) is 0 Å². The molecule has 0 amide bonds. The van der Waals surface area contributed by atoms with Gasteiger partial charge in [0.25, 0.3) is 0 Å². The van der Waals surface area contributed by atoms with Crippen LogP contribution >= 0.6 is 0 Å². The molecule has 1 aromatic rings. The maximum atomic E-state index is 6.94. The summed E-state index contributed by atoms with van der Waals surface area (Å²) >= 11 is 0. The minimum absolute atomic E-state index is 0. The number of nitrogens with one attached hydrogen (secondary N) is 4. The van der Waals surface area contributed by atoms with E-state index in [-0.39, 0.29) is 43.9 Å². The predicted octanol–water partition coefficient (Wildman–Crippen LogP) is 12.7. The molecule has 0 heterocycles. The molecule has 0 fully saturated rings. The molecule has 0 bridgehead atoms. The van der Waals surface area contributed by atoms with Crippen LogP contribution in [0.4, 0.5) is 0 Å². The van der Waals surface area contributed by atoms with Gasteiger partial charge in [-0.25, -0.2) is 0 Å². The molecule has 40 heavy (non-hydrogen) atoms. The van der Waals surface area contributed by atoms with Gasteiger partial charge in [0.2, 0.25) is 0 Å². The number of fused-ring (bicyclic) bond motifs is 1. The van der Waals surface area contributed by atoms with Gasteiger partial charge in [0, 0.05) is 8.80 Å². The molecule has 0 spiro atoms. The topological polar surface area (TPSA) is 95.2 Å². The molecule has 1 unspecified atom stereocenters. The van der Waals surface area contributed by atoms with E-state index in [9.17, 15) is 0 Å². The van der Waals surface area contributed by atoms with Crippen LogP contribution < -0.4 is 0 Å². The standard InChI is InChI=1S/C13H18Si.C5H8.4C4H10N.Ti/c1-9-10(2)13(14(3)4)12-8-6-5-7-11(9)12;1-4-5(2)3;4*1-4(2,3)5;/h5-8,13-14H,1-4H3;4H,1-2H2,3H3;4*5H,1-3H3;/q;;4*-1;+4. The Kier molecular flexibility index (Phi) is 26.7. The molecule has 4 nitrogen and oxygen atoms in total. The van der Waals surface area contributed by atoms with Crippen LogP contribution in [0.5, 0.6) is 0 Å². The van der Waals surface area contributed by atoms with Gasteiger partial charge in [-0.15, -0.1) is 22.2 Å². The number of benzene rings is 1. The van der Waals surface area contributed by atoms with Crippen LogP contribution in [0.25, 0.3) is 28.5 Å². The van der Waals surface area contributed by atoms with Crippen LogP contribution in [-0.4, -0.2) is 31.0 Å². The average molecular weight is 607 g/mol. The minimum Gasteiger partial charge on any atom is -0.673 e. The Balaban J connectivity index is -0.000000134. The second-order valence-corrected chi connectivity index (χ2v) is 17.8. The van der Waals surface area contributed by atoms with Crippen LogP contribution in [0.15, 0.2) is 54.6 Å². The molecular formula is C34H66N4SiTi. The minimum atomic E-state index is -0.614. The smallest absolute Gasteiger partial charge is 0.673 e. The van der Waals surface area contributed by atoms with Crippen molar-refractivity contribution in [3.63, 3.8) is 0 Å². The van der Waals surface area contributed by atoms with E-state index in [1.165, 1.54) is 11.1 Å². The van der Waals surface area contributed by atoms with E-state index in [0.717, 1.165) is 11.1 Å². The van der Waals surface area contributed by atoms with Gasteiger partial charge in [-0.1, -0.05) is 151 Å². The van der Waals surface area contributed by atoms with Crippen LogP contribution in [0.1, 0.15) is 121 Å². The molecule has 230 valence electrons. The molecule has 6 heteroatoms. The van der Waals surface area contributed by atoms with Gasteiger partial charge in [0.1, 0.15) is 0 Å². The van der Waals surface area contributed by atoms with E-state index in [2.05, 4.69) is 64.4 Å². The van der Waals surface area contributed by atoms with E-state index in [1.807, 2.05) is 90.0 Å². The Morgan fingerprint density at radius 2 is 0.975 bits per heavy atom. The summed E-state index contributed by atoms with van der Waals surface area (Å²) in [7, 11) is -0.614. The van der Waals surface area contributed by atoms with Gasteiger partial charge in [0.05, 0.1) is 0 Å². The van der Waals surface area contributed by atoms with E-state index >= 15 is 0 Å². The third-order valence-electron chi connectivity index (χ3n) is 3.77. The Hall–Kier alpha value is -0.789. The van der Waals surface area contributed by atoms with Crippen molar-refractivity contribution in [3.8, 4) is 0 Å². The van der Waals surface area contributed by atoms with Gasteiger partial charge in [0.15, 0.2) is 0 Å². The van der Waals surface area contributed by atoms with Crippen molar-refractivity contribution in [2.45, 2.75) is 145 Å². The molecule has 4 N–H and O–H groups in total. The Labute approximate surface area is 268 Å². The van der Waals surface area contributed by atoms with Crippen molar-refractivity contribution in [3.05, 3.63) is 88.7 Å². The van der Waals surface area contributed by atoms with Crippen molar-refractivity contribution in [1.29, 1.82) is 0 Å². The first-order valence-corrected chi connectivity index (χ1v) is 16.9. The zero-order chi connectivity index (χ0) is 32.6. The molecule has 1 aromatic carbocycles. The van der Waals surface area contributed by atoms with Crippen molar-refractivity contribution >= 4 is 14.4 Å². The van der Waals surface area contributed by atoms with Crippen molar-refractivity contribution < 1.29 is 21.7 Å². The fourth-order valence-electron chi connectivity index (χ4n) is 2.65. The summed E-state index contributed by atoms with van der Waals surface area (Å²) in [6.45, 7) is 40.7. The summed E-state index contributed by atoms with van der Waals surface area (Å²) in [6.07, 6.45) is 1.72. The second kappa shape index (κ2) is 21.8. The monoisotopic (exact) mass is 606 g/mol. The van der Waals surface area contributed by atoms with E-state index < -0.39 is 8.80 Å². The van der Waals surface area contributed by atoms with Gasteiger partial charge in [-0.3, -0.25) is 0 Å². The van der Waals surface area contributed by atoms with Gasteiger partial charge < -0.3 is 22.9 Å². The first kappa shape index (κ1) is 48.9. The molecule has 1 aliphatic carbocycles. The zero-order valence-corrected chi connectivity index (χ0v) is 32.2. The molecule has 0 aromatic heterocycles. The fourth-order valence-corrected chi connectivity index (χ4v) is 4.91. The molecular weight excluding hydrogens is 540 g/mol. The van der Waals surface area contributed by atoms with Crippen molar-refractivity contribution in [1.82, 2.24) is 0 Å². The molecule has 0 saturated carbocycles. The summed E-state index contributed by atoms with van der Waals surface area (Å²) in [5, 5.41) is 0. The van der Waals surface area contributed by atoms with Crippen LogP contribution in [0.3, 0.4) is 0 Å². The Morgan fingerprint density at radius 1 is 0.725 bits per heavy atom. The van der Waals surface area contributed by atoms with Crippen molar-refractivity contribution in [2.75, 3.05) is 0 Å². The third kappa shape index (κ3) is 47.0. The maximum Gasteiger partial charge on any atom is 4.00 e. The largest absolute Gasteiger partial charge is 4.00 e. The first-order valence-electron chi connectivity index (χ1n) is 13.9. The normalized spacial score (nSPS) is 14.0. The summed E-state index contributed by atoms with van der Waals surface area (Å²) in [5.41, 5.74) is 34.8. The van der Waals surface area contributed by atoms with Crippen LogP contribution in [0.2, 0.25) is 13.1 Å². The molecule has 2 rings (SSSR count). The number of allylic oxidation sites excluding steroid dienone is 4. The number of hydrogen-bond donors (Lipinski definition) is 0. The van der Waals surface area contributed by atoms with Gasteiger partial charge in [-0.05, 0) is 43.0 Å². The summed E-state index contributed by atoms with van der Waals surface area (Å²) in [5.74, 6) is 0. The molecule has 0 saturated heterocycles. The van der Waals surface area contributed by atoms with Crippen LogP contribution in [-0.2, 0) is 21.7 Å². The third-order valence-corrected chi connectivity index (χ3v) is 5.97. The van der Waals surface area contributed by atoms with Gasteiger partial charge in [-0.2, -0.15) is 0 Å². The molecule has 1 aliphatic rings. The molecule has 0 aliphatic heterocycles. The number of rotatable bonds is 2. The quantitative estimate of drug-likeness (QED) is 0.236. The zero-order valence-electron chi connectivity index (χ0n) is 29.5. The molecule has 0 radical (unpaired) electrons. The fraction of sp³-hybridized carbons (Fsp3) is 0.647. The van der Waals surface area contributed by atoms with E-state index in [0.29, 0.717) is 0 Å². The predicted molar refractivity (Wildman–Crippen MR) is 188 cm³/mol. The Bertz CT molecular complexity index is 774. The van der Waals surface area contributed by atoms with E-state index in [4.69, 9.17) is 22.9 Å². The SMILES string of the molecule is C=CC(=C)C.CC(C)(C)[NH-].CC(C)(C)[NH-].CC(C)(C)[NH-].CC(C)(C)[NH-].CC1=C(C)C([SiH](C)C)c2ccccc21.[Ti+4]. The maximum absolute atomic E-state index is 6.94. The number of hydrogen-bond acceptors (Lipinski definition) is 0. The summed E-state index contributed by atoms with van der Waals surface area (Å²) in [4.78, 5) is 0. The summed E-state index contributed by atoms with van der Waals surface area (Å²) in [6, 6.07) is 8.91. The van der Waals surface area contributed by atoms with E-state index in [1.54, 1.807) is 17.2 Å². The Morgan fingerprint density at radius 3 is 1.20 bits per heavy atom. The van der Waals surface area contributed by atoms with Crippen molar-refractivity contribution in [2.24, 2.45) is 0 Å². The molecule has 1 atom stereocenters. The average Bonchev–Trinajstić information content (AvgIpc) is 2.88. The first-order chi connectivity index (χ1) is 16.9. The van der Waals surface area contributed by atoms with Gasteiger partial charge >= 0.3 is 21.7 Å². The summed E-state index contributed by atoms with van der Waals surface area (Å²) < 4.78 is 0.